The maximum Gasteiger partial charge on any atom is 0.347 e. The summed E-state index contributed by atoms with van der Waals surface area (Å²) >= 11 is 6.38. The lowest BCUT2D eigenvalue weighted by molar-refractivity contribution is -0.386. The third kappa shape index (κ3) is 6.51. The highest BCUT2D eigenvalue weighted by atomic mass is 35.5. The van der Waals surface area contributed by atoms with E-state index in [2.05, 4.69) is 5.10 Å². The summed E-state index contributed by atoms with van der Waals surface area (Å²) in [7, 11) is 1.60. The van der Waals surface area contributed by atoms with Gasteiger partial charge >= 0.3 is 11.7 Å². The zero-order chi connectivity index (χ0) is 31.4. The van der Waals surface area contributed by atoms with Gasteiger partial charge in [-0.25, -0.2) is 9.78 Å². The first-order valence-electron chi connectivity index (χ1n) is 13.5. The zero-order valence-corrected chi connectivity index (χ0v) is 25.3. The molecule has 3 aromatic carbocycles. The van der Waals surface area contributed by atoms with E-state index >= 15 is 0 Å². The van der Waals surface area contributed by atoms with Crippen molar-refractivity contribution in [3.05, 3.63) is 90.7 Å². The molecule has 0 radical (unpaired) electrons. The Kier molecular flexibility index (Phi) is 9.45. The van der Waals surface area contributed by atoms with Gasteiger partial charge in [-0.2, -0.15) is 9.78 Å². The lowest BCUT2D eigenvalue weighted by atomic mass is 9.96. The van der Waals surface area contributed by atoms with Crippen LogP contribution in [0.15, 0.2) is 58.4 Å². The second-order valence-corrected chi connectivity index (χ2v) is 10.4. The molecule has 0 saturated heterocycles. The molecule has 0 unspecified atom stereocenters. The lowest BCUT2D eigenvalue weighted by Crippen LogP contribution is -2.26. The maximum absolute atomic E-state index is 13.7. The Labute approximate surface area is 252 Å². The fourth-order valence-corrected chi connectivity index (χ4v) is 4.77. The molecule has 1 atom stereocenters. The number of carbonyl (C=O) groups excluding carboxylic acids is 1. The summed E-state index contributed by atoms with van der Waals surface area (Å²) in [5, 5.41) is 16.6. The van der Waals surface area contributed by atoms with Gasteiger partial charge < -0.3 is 14.2 Å². The summed E-state index contributed by atoms with van der Waals surface area (Å²) in [4.78, 5) is 41.8. The van der Waals surface area contributed by atoms with E-state index in [9.17, 15) is 19.7 Å². The van der Waals surface area contributed by atoms with Gasteiger partial charge in [-0.15, -0.1) is 0 Å². The average molecular weight is 607 g/mol. The van der Waals surface area contributed by atoms with E-state index < -0.39 is 28.2 Å². The largest absolute Gasteiger partial charge is 0.496 e. The molecule has 0 aliphatic carbocycles. The molecule has 43 heavy (non-hydrogen) atoms. The van der Waals surface area contributed by atoms with Crippen LogP contribution in [0.25, 0.3) is 22.3 Å². The van der Waals surface area contributed by atoms with E-state index in [1.165, 1.54) is 25.3 Å². The van der Waals surface area contributed by atoms with Crippen molar-refractivity contribution >= 4 is 40.4 Å². The van der Waals surface area contributed by atoms with E-state index in [1.54, 1.807) is 38.3 Å². The number of methoxy groups -OCH3 is 1. The summed E-state index contributed by atoms with van der Waals surface area (Å²) in [6.45, 7) is 9.12. The number of carbonyl (C=O) groups is 1. The number of hydrogen-bond donors (Lipinski definition) is 0. The zero-order valence-electron chi connectivity index (χ0n) is 24.6. The molecule has 1 heterocycles. The van der Waals surface area contributed by atoms with Crippen molar-refractivity contribution in [1.29, 1.82) is 0 Å². The maximum atomic E-state index is 13.7. The number of hydrogen-bond acceptors (Lipinski definition) is 9. The number of esters is 1. The highest BCUT2D eigenvalue weighted by Crippen LogP contribution is 2.37. The number of nitro groups is 1. The van der Waals surface area contributed by atoms with Crippen LogP contribution in [0.3, 0.4) is 0 Å². The number of fused-ring (bicyclic) bond motifs is 1. The van der Waals surface area contributed by atoms with Crippen LogP contribution in [0.2, 0.25) is 5.02 Å². The minimum atomic E-state index is -1.14. The number of ether oxygens (including phenoxy) is 3. The quantitative estimate of drug-likeness (QED) is 0.0891. The summed E-state index contributed by atoms with van der Waals surface area (Å²) < 4.78 is 17.2. The van der Waals surface area contributed by atoms with E-state index in [1.807, 2.05) is 32.9 Å². The van der Waals surface area contributed by atoms with Crippen LogP contribution < -0.4 is 15.0 Å². The number of aromatic nitrogens is 2. The van der Waals surface area contributed by atoms with Gasteiger partial charge in [0.2, 0.25) is 5.75 Å². The SMILES string of the molecule is CCOC(=O)[C@H](C)Oc1c(Cl)cc(C=Nn2c(-c3cc(C(C)C)c(OC)cc3C)nc3ccccc3c2=O)cc1[N+](=O)[O-]. The highest BCUT2D eigenvalue weighted by molar-refractivity contribution is 6.32. The van der Waals surface area contributed by atoms with Crippen LogP contribution >= 0.6 is 11.6 Å². The molecule has 0 N–H and O–H groups in total. The van der Waals surface area contributed by atoms with Gasteiger partial charge in [0.25, 0.3) is 5.56 Å². The normalized spacial score (nSPS) is 12.1. The van der Waals surface area contributed by atoms with Crippen LogP contribution in [-0.2, 0) is 9.53 Å². The molecule has 0 spiro atoms. The second kappa shape index (κ2) is 13.0. The molecule has 4 rings (SSSR count). The molecule has 224 valence electrons. The molecule has 0 aliphatic rings. The molecule has 0 bridgehead atoms. The Morgan fingerprint density at radius 1 is 1.19 bits per heavy atom. The standard InChI is InChI=1S/C31H31ClN4O7/c1-7-42-31(38)19(5)43-28-24(32)13-20(14-26(28)36(39)40)16-33-35-29(34-25-11-9-8-10-21(25)30(35)37)23-15-22(17(2)3)27(41-6)12-18(23)4/h8-17,19H,7H2,1-6H3/t19-/m0/s1. The molecule has 11 nitrogen and oxygen atoms in total. The van der Waals surface area contributed by atoms with Crippen molar-refractivity contribution in [2.45, 2.75) is 46.6 Å². The Bertz CT molecular complexity index is 1800. The minimum absolute atomic E-state index is 0.119. The number of para-hydroxylation sites is 1. The molecule has 0 fully saturated rings. The number of aryl methyl sites for hydroxylation is 1. The van der Waals surface area contributed by atoms with E-state index in [-0.39, 0.29) is 34.7 Å². The fourth-order valence-electron chi connectivity index (χ4n) is 4.51. The van der Waals surface area contributed by atoms with E-state index in [4.69, 9.17) is 30.8 Å². The summed E-state index contributed by atoms with van der Waals surface area (Å²) in [5.41, 5.74) is 2.20. The predicted molar refractivity (Wildman–Crippen MR) is 165 cm³/mol. The Balaban J connectivity index is 1.88. The number of benzene rings is 3. The first kappa shape index (κ1) is 31.2. The van der Waals surface area contributed by atoms with Crippen LogP contribution in [0.5, 0.6) is 11.5 Å². The molecular weight excluding hydrogens is 576 g/mol. The number of rotatable bonds is 10. The second-order valence-electron chi connectivity index (χ2n) is 10.00. The summed E-state index contributed by atoms with van der Waals surface area (Å²) in [6.07, 6.45) is 0.144. The van der Waals surface area contributed by atoms with Crippen molar-refractivity contribution in [3.8, 4) is 22.9 Å². The van der Waals surface area contributed by atoms with Gasteiger partial charge in [0.1, 0.15) is 5.75 Å². The van der Waals surface area contributed by atoms with Crippen LogP contribution in [0.1, 0.15) is 50.3 Å². The summed E-state index contributed by atoms with van der Waals surface area (Å²) in [5.74, 6) is 0.142. The molecule has 0 saturated carbocycles. The van der Waals surface area contributed by atoms with Crippen molar-refractivity contribution in [3.63, 3.8) is 0 Å². The molecule has 1 aromatic heterocycles. The molecular formula is C31H31ClN4O7. The lowest BCUT2D eigenvalue weighted by Gasteiger charge is -2.17. The third-order valence-electron chi connectivity index (χ3n) is 6.67. The van der Waals surface area contributed by atoms with Gasteiger partial charge in [-0.05, 0) is 68.1 Å². The number of halogens is 1. The first-order chi connectivity index (χ1) is 20.5. The monoisotopic (exact) mass is 606 g/mol. The Morgan fingerprint density at radius 3 is 2.56 bits per heavy atom. The smallest absolute Gasteiger partial charge is 0.347 e. The first-order valence-corrected chi connectivity index (χ1v) is 13.9. The Hall–Kier alpha value is -4.77. The number of nitrogens with zero attached hydrogens (tertiary/aromatic N) is 4. The fraction of sp³-hybridized carbons (Fsp3) is 0.290. The van der Waals surface area contributed by atoms with Crippen molar-refractivity contribution in [1.82, 2.24) is 9.66 Å². The van der Waals surface area contributed by atoms with Gasteiger partial charge in [0.15, 0.2) is 11.9 Å². The van der Waals surface area contributed by atoms with Crippen LogP contribution in [0.4, 0.5) is 5.69 Å². The van der Waals surface area contributed by atoms with Crippen LogP contribution in [-0.4, -0.2) is 46.6 Å². The average Bonchev–Trinajstić information content (AvgIpc) is 2.97. The highest BCUT2D eigenvalue weighted by Gasteiger charge is 2.26. The summed E-state index contributed by atoms with van der Waals surface area (Å²) in [6, 6.07) is 13.3. The Morgan fingerprint density at radius 2 is 1.91 bits per heavy atom. The number of nitro benzene ring substituents is 1. The van der Waals surface area contributed by atoms with E-state index in [0.29, 0.717) is 16.5 Å². The van der Waals surface area contributed by atoms with Gasteiger partial charge in [0, 0.05) is 17.2 Å². The minimum Gasteiger partial charge on any atom is -0.496 e. The van der Waals surface area contributed by atoms with Crippen molar-refractivity contribution in [2.24, 2.45) is 5.10 Å². The predicted octanol–water partition coefficient (Wildman–Crippen LogP) is 6.28. The van der Waals surface area contributed by atoms with Crippen molar-refractivity contribution < 1.29 is 23.9 Å². The topological polar surface area (TPSA) is 135 Å². The molecule has 4 aromatic rings. The van der Waals surface area contributed by atoms with Gasteiger partial charge in [0.05, 0.1) is 40.8 Å². The molecule has 12 heteroatoms. The van der Waals surface area contributed by atoms with Gasteiger partial charge in [-0.3, -0.25) is 14.9 Å². The molecule has 0 aliphatic heterocycles. The van der Waals surface area contributed by atoms with Gasteiger partial charge in [-0.1, -0.05) is 37.6 Å². The van der Waals surface area contributed by atoms with Crippen LogP contribution in [0, 0.1) is 17.0 Å². The molecule has 0 amide bonds. The third-order valence-corrected chi connectivity index (χ3v) is 6.95. The van der Waals surface area contributed by atoms with E-state index in [0.717, 1.165) is 21.6 Å². The van der Waals surface area contributed by atoms with Crippen molar-refractivity contribution in [2.75, 3.05) is 13.7 Å².